The van der Waals surface area contributed by atoms with E-state index in [0.29, 0.717) is 11.8 Å². The zero-order chi connectivity index (χ0) is 15.7. The van der Waals surface area contributed by atoms with Gasteiger partial charge in [-0.05, 0) is 24.1 Å². The highest BCUT2D eigenvalue weighted by atomic mass is 35.5. The summed E-state index contributed by atoms with van der Waals surface area (Å²) in [6, 6.07) is 8.62. The van der Waals surface area contributed by atoms with Gasteiger partial charge in [-0.1, -0.05) is 24.3 Å². The van der Waals surface area contributed by atoms with Crippen LogP contribution in [0.4, 0.5) is 0 Å². The minimum Gasteiger partial charge on any atom is -0.481 e. The molecule has 1 atom stereocenters. The molecule has 5 nitrogen and oxygen atoms in total. The lowest BCUT2D eigenvalue weighted by atomic mass is 9.95. The minimum atomic E-state index is -1.08. The third-order valence-corrected chi connectivity index (χ3v) is 3.57. The first-order valence-corrected chi connectivity index (χ1v) is 7.36. The van der Waals surface area contributed by atoms with Gasteiger partial charge in [-0.15, -0.1) is 11.6 Å². The monoisotopic (exact) mass is 313 g/mol. The molecule has 1 aromatic rings. The molecule has 0 amide bonds. The summed E-state index contributed by atoms with van der Waals surface area (Å²) in [7, 11) is 0. The smallest absolute Gasteiger partial charge is 0.303 e. The molecule has 116 valence electrons. The van der Waals surface area contributed by atoms with E-state index in [9.17, 15) is 9.59 Å². The predicted octanol–water partition coefficient (Wildman–Crippen LogP) is 2.09. The van der Waals surface area contributed by atoms with E-state index in [4.69, 9.17) is 21.8 Å². The largest absolute Gasteiger partial charge is 0.481 e. The number of hydrogen-bond acceptors (Lipinski definition) is 3. The number of carboxylic acid groups (broad SMARTS) is 2. The maximum absolute atomic E-state index is 9.64. The highest BCUT2D eigenvalue weighted by Gasteiger charge is 2.16. The Morgan fingerprint density at radius 2 is 1.81 bits per heavy atom. The van der Waals surface area contributed by atoms with Crippen molar-refractivity contribution < 1.29 is 19.8 Å². The van der Waals surface area contributed by atoms with Crippen molar-refractivity contribution in [3.8, 4) is 0 Å². The zero-order valence-corrected chi connectivity index (χ0v) is 12.5. The van der Waals surface area contributed by atoms with Gasteiger partial charge in [-0.25, -0.2) is 0 Å². The molecule has 0 aliphatic carbocycles. The van der Waals surface area contributed by atoms with Crippen LogP contribution in [0.25, 0.3) is 0 Å². The maximum atomic E-state index is 9.64. The van der Waals surface area contributed by atoms with Gasteiger partial charge in [0.2, 0.25) is 0 Å². The summed E-state index contributed by atoms with van der Waals surface area (Å²) in [6.45, 7) is 2.09. The summed E-state index contributed by atoms with van der Waals surface area (Å²) >= 11 is 5.94. The van der Waals surface area contributed by atoms with Crippen LogP contribution in [0.15, 0.2) is 24.3 Å². The number of fused-ring (bicyclic) bond motifs is 1. The van der Waals surface area contributed by atoms with Crippen molar-refractivity contribution >= 4 is 23.5 Å². The molecule has 6 heteroatoms. The van der Waals surface area contributed by atoms with E-state index in [1.807, 2.05) is 0 Å². The Morgan fingerprint density at radius 3 is 2.38 bits per heavy atom. The maximum Gasteiger partial charge on any atom is 0.303 e. The molecule has 21 heavy (non-hydrogen) atoms. The van der Waals surface area contributed by atoms with Gasteiger partial charge in [-0.2, -0.15) is 0 Å². The quantitative estimate of drug-likeness (QED) is 0.741. The molecule has 3 N–H and O–H groups in total. The van der Waals surface area contributed by atoms with E-state index < -0.39 is 11.9 Å². The van der Waals surface area contributed by atoms with Crippen molar-refractivity contribution in [2.75, 3.05) is 19.0 Å². The molecule has 1 aliphatic rings. The molecule has 1 aromatic carbocycles. The number of carbonyl (C=O) groups is 2. The van der Waals surface area contributed by atoms with Gasteiger partial charge < -0.3 is 15.5 Å². The fourth-order valence-corrected chi connectivity index (χ4v) is 2.40. The molecule has 0 saturated carbocycles. The van der Waals surface area contributed by atoms with Crippen LogP contribution < -0.4 is 5.32 Å². The summed E-state index contributed by atoms with van der Waals surface area (Å²) in [5.41, 5.74) is 2.89. The van der Waals surface area contributed by atoms with Crippen molar-refractivity contribution in [1.82, 2.24) is 5.32 Å². The van der Waals surface area contributed by atoms with Crippen molar-refractivity contribution in [3.63, 3.8) is 0 Å². The predicted molar refractivity (Wildman–Crippen MR) is 81.0 cm³/mol. The third-order valence-electron chi connectivity index (χ3n) is 3.20. The van der Waals surface area contributed by atoms with E-state index in [0.717, 1.165) is 19.5 Å². The van der Waals surface area contributed by atoms with Gasteiger partial charge in [0.1, 0.15) is 0 Å². The van der Waals surface area contributed by atoms with Gasteiger partial charge in [0.05, 0.1) is 12.8 Å². The van der Waals surface area contributed by atoms with Crippen LogP contribution in [0.5, 0.6) is 0 Å². The molecule has 0 spiro atoms. The Balaban J connectivity index is 0.000000240. The summed E-state index contributed by atoms with van der Waals surface area (Å²) in [5, 5.41) is 19.2. The van der Waals surface area contributed by atoms with E-state index >= 15 is 0 Å². The lowest BCUT2D eigenvalue weighted by molar-refractivity contribution is -0.143. The van der Waals surface area contributed by atoms with Crippen LogP contribution in [0, 0.1) is 0 Å². The van der Waals surface area contributed by atoms with Gasteiger partial charge >= 0.3 is 11.9 Å². The molecule has 1 heterocycles. The van der Waals surface area contributed by atoms with Crippen molar-refractivity contribution in [1.29, 1.82) is 0 Å². The summed E-state index contributed by atoms with van der Waals surface area (Å²) in [5.74, 6) is -0.954. The van der Waals surface area contributed by atoms with Crippen LogP contribution in [0.3, 0.4) is 0 Å². The first kappa shape index (κ1) is 17.5. The van der Waals surface area contributed by atoms with E-state index in [-0.39, 0.29) is 12.8 Å². The second-order valence-electron chi connectivity index (χ2n) is 4.79. The zero-order valence-electron chi connectivity index (χ0n) is 11.7. The molecule has 0 bridgehead atoms. The summed E-state index contributed by atoms with van der Waals surface area (Å²) < 4.78 is 0. The average Bonchev–Trinajstić information content (AvgIpc) is 2.67. The van der Waals surface area contributed by atoms with Crippen LogP contribution in [0.2, 0.25) is 0 Å². The Kier molecular flexibility index (Phi) is 7.79. The molecular weight excluding hydrogens is 294 g/mol. The normalized spacial score (nSPS) is 16.9. The molecule has 2 rings (SSSR count). The number of alkyl halides is 1. The number of benzene rings is 1. The average molecular weight is 314 g/mol. The van der Waals surface area contributed by atoms with E-state index in [1.54, 1.807) is 0 Å². The number of rotatable bonds is 4. The lowest BCUT2D eigenvalue weighted by Gasteiger charge is -2.13. The first-order valence-electron chi connectivity index (χ1n) is 6.82. The van der Waals surface area contributed by atoms with E-state index in [1.165, 1.54) is 11.1 Å². The molecule has 0 aromatic heterocycles. The van der Waals surface area contributed by atoms with Crippen LogP contribution in [-0.2, 0) is 16.0 Å². The lowest BCUT2D eigenvalue weighted by Crippen LogP contribution is -2.20. The Labute approximate surface area is 128 Å². The highest BCUT2D eigenvalue weighted by molar-refractivity contribution is 6.18. The fraction of sp³-hybridized carbons (Fsp3) is 0.467. The number of halogens is 1. The van der Waals surface area contributed by atoms with Crippen LogP contribution in [0.1, 0.15) is 29.9 Å². The van der Waals surface area contributed by atoms with E-state index in [2.05, 4.69) is 29.6 Å². The Bertz CT molecular complexity index is 464. The highest BCUT2D eigenvalue weighted by Crippen LogP contribution is 2.23. The standard InChI is InChI=1S/C11H14ClN.C4H6O4/c12-7-10-8-13-6-5-9-3-1-2-4-11(9)10;5-3(6)1-2-4(7)8/h1-4,10,13H,5-8H2;1-2H2,(H,5,6)(H,7,8)/t10-;/m1./s1. The summed E-state index contributed by atoms with van der Waals surface area (Å²) in [6.07, 6.45) is 0.536. The number of carboxylic acids is 2. The topological polar surface area (TPSA) is 86.6 Å². The molecule has 0 saturated heterocycles. The number of hydrogen-bond donors (Lipinski definition) is 3. The van der Waals surface area contributed by atoms with Crippen LogP contribution in [-0.4, -0.2) is 41.1 Å². The molecule has 1 aliphatic heterocycles. The molecule has 0 fully saturated rings. The van der Waals surface area contributed by atoms with Crippen molar-refractivity contribution in [2.45, 2.75) is 25.2 Å². The fourth-order valence-electron chi connectivity index (χ4n) is 2.12. The number of nitrogens with one attached hydrogen (secondary N) is 1. The second-order valence-corrected chi connectivity index (χ2v) is 5.10. The third kappa shape index (κ3) is 6.60. The molecule has 0 unspecified atom stereocenters. The molecule has 0 radical (unpaired) electrons. The summed E-state index contributed by atoms with van der Waals surface area (Å²) in [4.78, 5) is 19.3. The van der Waals surface area contributed by atoms with Crippen molar-refractivity contribution in [2.24, 2.45) is 0 Å². The minimum absolute atomic E-state index is 0.296. The van der Waals surface area contributed by atoms with Gasteiger partial charge in [-0.3, -0.25) is 9.59 Å². The number of aliphatic carboxylic acids is 2. The van der Waals surface area contributed by atoms with Crippen LogP contribution >= 0.6 is 11.6 Å². The molecular formula is C15H20ClNO4. The van der Waals surface area contributed by atoms with Gasteiger partial charge in [0.15, 0.2) is 0 Å². The Hall–Kier alpha value is -1.59. The SMILES string of the molecule is ClC[C@@H]1CNCCc2ccccc21.O=C(O)CCC(=O)O. The Morgan fingerprint density at radius 1 is 1.19 bits per heavy atom. The van der Waals surface area contributed by atoms with Crippen molar-refractivity contribution in [3.05, 3.63) is 35.4 Å². The first-order chi connectivity index (χ1) is 10.0. The van der Waals surface area contributed by atoms with Gasteiger partial charge in [0.25, 0.3) is 0 Å². The second kappa shape index (κ2) is 9.37. The van der Waals surface area contributed by atoms with Gasteiger partial charge in [0, 0.05) is 18.3 Å².